The van der Waals surface area contributed by atoms with Crippen molar-refractivity contribution in [2.45, 2.75) is 45.8 Å². The molecule has 1 aliphatic rings. The van der Waals surface area contributed by atoms with Crippen molar-refractivity contribution in [2.75, 3.05) is 17.2 Å². The lowest BCUT2D eigenvalue weighted by Gasteiger charge is -2.33. The Hall–Kier alpha value is -1.96. The van der Waals surface area contributed by atoms with Gasteiger partial charge in [-0.1, -0.05) is 25.1 Å². The fourth-order valence-corrected chi connectivity index (χ4v) is 4.41. The molecule has 0 saturated heterocycles. The summed E-state index contributed by atoms with van der Waals surface area (Å²) >= 11 is 6.94. The van der Waals surface area contributed by atoms with E-state index in [1.807, 2.05) is 37.3 Å². The topological polar surface area (TPSA) is 59.6 Å². The van der Waals surface area contributed by atoms with Crippen LogP contribution in [-0.4, -0.2) is 23.3 Å². The molecule has 0 unspecified atom stereocenters. The van der Waals surface area contributed by atoms with Crippen molar-refractivity contribution in [3.63, 3.8) is 0 Å². The second kappa shape index (κ2) is 8.37. The van der Waals surface area contributed by atoms with E-state index in [9.17, 15) is 4.79 Å². The van der Waals surface area contributed by atoms with Gasteiger partial charge in [0.25, 0.3) is 0 Å². The highest BCUT2D eigenvalue weighted by Crippen LogP contribution is 2.41. The van der Waals surface area contributed by atoms with E-state index in [-0.39, 0.29) is 11.6 Å². The van der Waals surface area contributed by atoms with E-state index < -0.39 is 0 Å². The predicted octanol–water partition coefficient (Wildman–Crippen LogP) is 4.98. The van der Waals surface area contributed by atoms with Crippen molar-refractivity contribution >= 4 is 45.3 Å². The molecule has 2 N–H and O–H groups in total. The van der Waals surface area contributed by atoms with E-state index in [2.05, 4.69) is 24.5 Å². The van der Waals surface area contributed by atoms with Crippen LogP contribution in [0.3, 0.4) is 0 Å². The van der Waals surface area contributed by atoms with Crippen LogP contribution in [0, 0.1) is 0 Å². The number of esters is 1. The van der Waals surface area contributed by atoms with E-state index in [0.29, 0.717) is 35.3 Å². The SMILES string of the molecule is CCOC(=O)c1c(NC(=S)Nc2ccccc2)sc2c1C[C@](C)(CC)OC2. The maximum Gasteiger partial charge on any atom is 0.341 e. The van der Waals surface area contributed by atoms with Crippen molar-refractivity contribution in [3.8, 4) is 0 Å². The van der Waals surface area contributed by atoms with Crippen LogP contribution in [0.25, 0.3) is 0 Å². The van der Waals surface area contributed by atoms with E-state index in [1.165, 1.54) is 11.3 Å². The number of hydrogen-bond donors (Lipinski definition) is 2. The third-order valence-corrected chi connectivity index (χ3v) is 6.00. The molecule has 7 heteroatoms. The quantitative estimate of drug-likeness (QED) is 0.542. The zero-order valence-corrected chi connectivity index (χ0v) is 17.4. The Balaban J connectivity index is 1.88. The molecule has 2 aromatic rings. The van der Waals surface area contributed by atoms with Crippen LogP contribution >= 0.6 is 23.6 Å². The Morgan fingerprint density at radius 1 is 1.30 bits per heavy atom. The number of anilines is 2. The van der Waals surface area contributed by atoms with E-state index in [0.717, 1.165) is 22.5 Å². The first-order valence-corrected chi connectivity index (χ1v) is 10.3. The number of thiophene rings is 1. The van der Waals surface area contributed by atoms with E-state index in [4.69, 9.17) is 21.7 Å². The number of ether oxygens (including phenoxy) is 2. The van der Waals surface area contributed by atoms with Crippen molar-refractivity contribution in [1.29, 1.82) is 0 Å². The smallest absolute Gasteiger partial charge is 0.341 e. The summed E-state index contributed by atoms with van der Waals surface area (Å²) < 4.78 is 11.3. The van der Waals surface area contributed by atoms with Crippen LogP contribution in [0.2, 0.25) is 0 Å². The van der Waals surface area contributed by atoms with Gasteiger partial charge in [-0.25, -0.2) is 4.79 Å². The highest BCUT2D eigenvalue weighted by molar-refractivity contribution is 7.80. The molecular formula is C20H24N2O3S2. The van der Waals surface area contributed by atoms with Gasteiger partial charge in [0, 0.05) is 17.0 Å². The Labute approximate surface area is 169 Å². The summed E-state index contributed by atoms with van der Waals surface area (Å²) in [6.07, 6.45) is 1.56. The average molecular weight is 405 g/mol. The van der Waals surface area contributed by atoms with Crippen LogP contribution in [0.15, 0.2) is 30.3 Å². The Bertz CT molecular complexity index is 835. The Kier molecular flexibility index (Phi) is 6.14. The number of fused-ring (bicyclic) bond motifs is 1. The summed E-state index contributed by atoms with van der Waals surface area (Å²) in [5.41, 5.74) is 2.21. The lowest BCUT2D eigenvalue weighted by molar-refractivity contribution is -0.0548. The number of carbonyl (C=O) groups excluding carboxylic acids is 1. The van der Waals surface area contributed by atoms with Crippen LogP contribution in [-0.2, 0) is 22.5 Å². The number of benzene rings is 1. The summed E-state index contributed by atoms with van der Waals surface area (Å²) in [6.45, 7) is 6.82. The highest BCUT2D eigenvalue weighted by Gasteiger charge is 2.35. The molecule has 1 aromatic carbocycles. The molecule has 0 bridgehead atoms. The van der Waals surface area contributed by atoms with E-state index >= 15 is 0 Å². The molecule has 0 amide bonds. The fourth-order valence-electron chi connectivity index (χ4n) is 3.00. The zero-order valence-electron chi connectivity index (χ0n) is 15.8. The van der Waals surface area contributed by atoms with Gasteiger partial charge in [-0.3, -0.25) is 0 Å². The Morgan fingerprint density at radius 3 is 2.70 bits per heavy atom. The second-order valence-electron chi connectivity index (χ2n) is 6.64. The summed E-state index contributed by atoms with van der Waals surface area (Å²) in [6, 6.07) is 9.67. The molecular weight excluding hydrogens is 380 g/mol. The number of carbonyl (C=O) groups is 1. The molecule has 0 fully saturated rings. The number of thiocarbonyl (C=S) groups is 1. The minimum atomic E-state index is -0.319. The first kappa shape index (κ1) is 19.8. The van der Waals surface area contributed by atoms with E-state index in [1.54, 1.807) is 0 Å². The molecule has 5 nitrogen and oxygen atoms in total. The molecule has 0 aliphatic carbocycles. The van der Waals surface area contributed by atoms with Gasteiger partial charge in [0.2, 0.25) is 0 Å². The van der Waals surface area contributed by atoms with Gasteiger partial charge in [0.1, 0.15) is 5.00 Å². The Morgan fingerprint density at radius 2 is 2.04 bits per heavy atom. The molecule has 3 rings (SSSR count). The van der Waals surface area contributed by atoms with Gasteiger partial charge in [-0.15, -0.1) is 11.3 Å². The average Bonchev–Trinajstić information content (AvgIpc) is 2.99. The molecule has 144 valence electrons. The summed E-state index contributed by atoms with van der Waals surface area (Å²) in [7, 11) is 0. The number of hydrogen-bond acceptors (Lipinski definition) is 5. The van der Waals surface area contributed by atoms with Gasteiger partial charge in [-0.05, 0) is 50.2 Å². The number of para-hydroxylation sites is 1. The zero-order chi connectivity index (χ0) is 19.4. The van der Waals surface area contributed by atoms with Gasteiger partial charge in [0.15, 0.2) is 5.11 Å². The first-order chi connectivity index (χ1) is 13.0. The highest BCUT2D eigenvalue weighted by atomic mass is 32.1. The molecule has 27 heavy (non-hydrogen) atoms. The lowest BCUT2D eigenvalue weighted by atomic mass is 9.89. The lowest BCUT2D eigenvalue weighted by Crippen LogP contribution is -2.34. The van der Waals surface area contributed by atoms with Crippen molar-refractivity contribution in [2.24, 2.45) is 0 Å². The van der Waals surface area contributed by atoms with Gasteiger partial charge >= 0.3 is 5.97 Å². The molecule has 2 heterocycles. The third-order valence-electron chi connectivity index (χ3n) is 4.68. The maximum absolute atomic E-state index is 12.7. The normalized spacial score (nSPS) is 18.5. The molecule has 1 aliphatic heterocycles. The first-order valence-electron chi connectivity index (χ1n) is 9.04. The van der Waals surface area contributed by atoms with Gasteiger partial charge < -0.3 is 20.1 Å². The standard InChI is InChI=1S/C20H24N2O3S2/c1-4-20(3)11-14-15(12-25-20)27-17(16(14)18(23)24-5-2)22-19(26)21-13-9-7-6-8-10-13/h6-10H,4-5,11-12H2,1-3H3,(H2,21,22,26)/t20-/m0/s1. The van der Waals surface area contributed by atoms with Crippen LogP contribution in [0.5, 0.6) is 0 Å². The van der Waals surface area contributed by atoms with Crippen LogP contribution < -0.4 is 10.6 Å². The fraction of sp³-hybridized carbons (Fsp3) is 0.400. The molecule has 1 aromatic heterocycles. The third kappa shape index (κ3) is 4.48. The maximum atomic E-state index is 12.7. The van der Waals surface area contributed by atoms with Crippen LogP contribution in [0.4, 0.5) is 10.7 Å². The minimum absolute atomic E-state index is 0.268. The van der Waals surface area contributed by atoms with Crippen LogP contribution in [0.1, 0.15) is 48.0 Å². The molecule has 1 atom stereocenters. The van der Waals surface area contributed by atoms with Gasteiger partial charge in [-0.2, -0.15) is 0 Å². The largest absolute Gasteiger partial charge is 0.462 e. The second-order valence-corrected chi connectivity index (χ2v) is 8.16. The summed E-state index contributed by atoms with van der Waals surface area (Å²) in [5.74, 6) is -0.319. The van der Waals surface area contributed by atoms with Crippen molar-refractivity contribution in [1.82, 2.24) is 0 Å². The minimum Gasteiger partial charge on any atom is -0.462 e. The van der Waals surface area contributed by atoms with Crippen molar-refractivity contribution in [3.05, 3.63) is 46.3 Å². The van der Waals surface area contributed by atoms with Crippen molar-refractivity contribution < 1.29 is 14.3 Å². The number of rotatable bonds is 5. The molecule has 0 radical (unpaired) electrons. The molecule has 0 saturated carbocycles. The predicted molar refractivity (Wildman–Crippen MR) is 114 cm³/mol. The summed E-state index contributed by atoms with van der Waals surface area (Å²) in [4.78, 5) is 13.7. The number of nitrogens with one attached hydrogen (secondary N) is 2. The summed E-state index contributed by atoms with van der Waals surface area (Å²) in [5, 5.41) is 7.46. The monoisotopic (exact) mass is 404 g/mol. The van der Waals surface area contributed by atoms with Gasteiger partial charge in [0.05, 0.1) is 24.4 Å². The molecule has 0 spiro atoms.